The van der Waals surface area contributed by atoms with E-state index in [1.165, 1.54) is 7.11 Å². The highest BCUT2D eigenvalue weighted by atomic mass is 16.8. The van der Waals surface area contributed by atoms with Crippen LogP contribution in [0.15, 0.2) is 60.7 Å². The molecule has 2 aromatic rings. The third kappa shape index (κ3) is 7.10. The van der Waals surface area contributed by atoms with Crippen LogP contribution in [-0.2, 0) is 23.7 Å². The van der Waals surface area contributed by atoms with Crippen molar-refractivity contribution in [2.75, 3.05) is 19.6 Å². The Morgan fingerprint density at radius 1 is 1.10 bits per heavy atom. The number of carbonyl (C=O) groups excluding carboxylic acids is 2. The third-order valence-corrected chi connectivity index (χ3v) is 6.79. The monoisotopic (exact) mass is 551 g/mol. The van der Waals surface area contributed by atoms with Gasteiger partial charge in [0.15, 0.2) is 12.6 Å². The third-order valence-electron chi connectivity index (χ3n) is 6.79. The van der Waals surface area contributed by atoms with Crippen molar-refractivity contribution >= 4 is 23.7 Å². The average molecular weight is 552 g/mol. The number of benzene rings is 2. The topological polar surface area (TPSA) is 116 Å². The van der Waals surface area contributed by atoms with Gasteiger partial charge in [0.2, 0.25) is 0 Å². The number of carbonyl (C=O) groups is 2. The molecule has 4 rings (SSSR count). The smallest absolute Gasteiger partial charge is 0.342 e. The molecule has 40 heavy (non-hydrogen) atoms. The number of anilines is 1. The molecule has 0 aromatic heterocycles. The van der Waals surface area contributed by atoms with E-state index >= 15 is 0 Å². The molecule has 0 aliphatic carbocycles. The molecule has 0 amide bonds. The van der Waals surface area contributed by atoms with Gasteiger partial charge in [-0.3, -0.25) is 0 Å². The summed E-state index contributed by atoms with van der Waals surface area (Å²) in [6, 6.07) is 12.0. The summed E-state index contributed by atoms with van der Waals surface area (Å²) < 4.78 is 35.0. The molecule has 0 spiro atoms. The molecule has 2 aliphatic heterocycles. The molecular formula is C31H37NO8. The number of ether oxygens (including phenoxy) is 6. The van der Waals surface area contributed by atoms with Gasteiger partial charge >= 0.3 is 11.9 Å². The lowest BCUT2D eigenvalue weighted by Gasteiger charge is -2.25. The molecule has 2 N–H and O–H groups in total. The van der Waals surface area contributed by atoms with Gasteiger partial charge in [-0.1, -0.05) is 43.4 Å². The summed E-state index contributed by atoms with van der Waals surface area (Å²) in [5.41, 5.74) is 7.76. The van der Waals surface area contributed by atoms with Crippen LogP contribution in [0.5, 0.6) is 5.75 Å². The van der Waals surface area contributed by atoms with Gasteiger partial charge in [0, 0.05) is 24.8 Å². The van der Waals surface area contributed by atoms with E-state index in [1.54, 1.807) is 55.5 Å². The largest absolute Gasteiger partial charge is 0.467 e. The Morgan fingerprint density at radius 2 is 1.85 bits per heavy atom. The molecule has 9 nitrogen and oxygen atoms in total. The molecule has 1 unspecified atom stereocenters. The van der Waals surface area contributed by atoms with E-state index in [2.05, 4.69) is 0 Å². The fourth-order valence-corrected chi connectivity index (χ4v) is 4.66. The van der Waals surface area contributed by atoms with E-state index in [4.69, 9.17) is 34.2 Å². The fraction of sp³-hybridized carbons (Fsp3) is 0.419. The van der Waals surface area contributed by atoms with Gasteiger partial charge in [-0.15, -0.1) is 0 Å². The van der Waals surface area contributed by atoms with Crippen LogP contribution in [0, 0.1) is 5.92 Å². The highest BCUT2D eigenvalue weighted by Crippen LogP contribution is 2.35. The summed E-state index contributed by atoms with van der Waals surface area (Å²) in [5.74, 6) is -1.89. The van der Waals surface area contributed by atoms with Crippen molar-refractivity contribution in [3.05, 3.63) is 77.4 Å². The predicted molar refractivity (Wildman–Crippen MR) is 150 cm³/mol. The van der Waals surface area contributed by atoms with Crippen LogP contribution in [0.25, 0.3) is 6.08 Å². The van der Waals surface area contributed by atoms with Crippen LogP contribution in [0.1, 0.15) is 60.4 Å². The van der Waals surface area contributed by atoms with Crippen LogP contribution in [-0.4, -0.2) is 56.0 Å². The minimum absolute atomic E-state index is 0.0608. The van der Waals surface area contributed by atoms with E-state index in [0.717, 1.165) is 0 Å². The summed E-state index contributed by atoms with van der Waals surface area (Å²) >= 11 is 0. The summed E-state index contributed by atoms with van der Waals surface area (Å²) in [5, 5.41) is 0. The number of fused-ring (bicyclic) bond motifs is 2. The zero-order valence-corrected chi connectivity index (χ0v) is 23.5. The molecule has 9 heteroatoms. The molecule has 1 fully saturated rings. The normalized spacial score (nSPS) is 26.2. The number of cyclic esters (lactones) is 1. The SMILES string of the molecule is COCOc1cc(N)cc2c1C(=O)O[C@@H](C)[C@H](C)C=CC(OC(=O)c1ccccc1)[C@H]1OC(C)(C)O[C@H]1CC=C2. The van der Waals surface area contributed by atoms with Crippen LogP contribution >= 0.6 is 0 Å². The highest BCUT2D eigenvalue weighted by molar-refractivity contribution is 5.97. The van der Waals surface area contributed by atoms with Gasteiger partial charge in [0.25, 0.3) is 0 Å². The highest BCUT2D eigenvalue weighted by Gasteiger charge is 2.45. The van der Waals surface area contributed by atoms with Gasteiger partial charge < -0.3 is 34.2 Å². The maximum absolute atomic E-state index is 13.4. The summed E-state index contributed by atoms with van der Waals surface area (Å²) in [4.78, 5) is 26.4. The molecule has 1 saturated heterocycles. The van der Waals surface area contributed by atoms with E-state index in [1.807, 2.05) is 39.0 Å². The minimum atomic E-state index is -0.899. The zero-order chi connectivity index (χ0) is 28.9. The van der Waals surface area contributed by atoms with E-state index < -0.39 is 42.1 Å². The van der Waals surface area contributed by atoms with Crippen molar-refractivity contribution in [1.29, 1.82) is 0 Å². The van der Waals surface area contributed by atoms with Gasteiger partial charge in [-0.2, -0.15) is 0 Å². The van der Waals surface area contributed by atoms with Crippen molar-refractivity contribution in [3.8, 4) is 5.75 Å². The first-order valence-electron chi connectivity index (χ1n) is 13.3. The maximum atomic E-state index is 13.4. The Morgan fingerprint density at radius 3 is 2.58 bits per heavy atom. The first kappa shape index (κ1) is 29.3. The Hall–Kier alpha value is -3.66. The molecule has 0 radical (unpaired) electrons. The molecule has 2 heterocycles. The number of methoxy groups -OCH3 is 1. The molecule has 0 bridgehead atoms. The molecule has 5 atom stereocenters. The van der Waals surface area contributed by atoms with Crippen molar-refractivity contribution < 1.29 is 38.0 Å². The zero-order valence-electron chi connectivity index (χ0n) is 23.5. The first-order valence-corrected chi connectivity index (χ1v) is 13.3. The van der Waals surface area contributed by atoms with Crippen LogP contribution in [0.2, 0.25) is 0 Å². The fourth-order valence-electron chi connectivity index (χ4n) is 4.66. The molecular weight excluding hydrogens is 514 g/mol. The van der Waals surface area contributed by atoms with Gasteiger partial charge in [0.05, 0.1) is 11.7 Å². The minimum Gasteiger partial charge on any atom is -0.467 e. The number of esters is 2. The second-order valence-corrected chi connectivity index (χ2v) is 10.4. The van der Waals surface area contributed by atoms with Gasteiger partial charge in [0.1, 0.15) is 29.6 Å². The van der Waals surface area contributed by atoms with Crippen LogP contribution < -0.4 is 10.5 Å². The lowest BCUT2D eigenvalue weighted by Crippen LogP contribution is -2.37. The van der Waals surface area contributed by atoms with E-state index in [9.17, 15) is 9.59 Å². The standard InChI is InChI=1S/C31H37NO8/c1-19-14-15-24(38-29(33)21-10-7-6-8-11-21)28-25(39-31(3,4)40-28)13-9-12-22-16-23(32)17-26(36-18-35-5)27(22)30(34)37-20(19)2/h6-12,14-17,19-20,24-25,28H,13,18,32H2,1-5H3/t19-,20+,24?,25+,28-/m1/s1. The van der Waals surface area contributed by atoms with Crippen molar-refractivity contribution in [2.24, 2.45) is 5.92 Å². The Labute approximate surface area is 234 Å². The van der Waals surface area contributed by atoms with Crippen LogP contribution in [0.3, 0.4) is 0 Å². The second-order valence-electron chi connectivity index (χ2n) is 10.4. The van der Waals surface area contributed by atoms with Crippen LogP contribution in [0.4, 0.5) is 5.69 Å². The summed E-state index contributed by atoms with van der Waals surface area (Å²) in [6.45, 7) is 7.30. The van der Waals surface area contributed by atoms with Crippen molar-refractivity contribution in [3.63, 3.8) is 0 Å². The number of nitrogen functional groups attached to an aromatic ring is 1. The molecule has 0 saturated carbocycles. The van der Waals surface area contributed by atoms with Gasteiger partial charge in [-0.25, -0.2) is 9.59 Å². The molecule has 2 aliphatic rings. The van der Waals surface area contributed by atoms with Crippen molar-refractivity contribution in [1.82, 2.24) is 0 Å². The summed E-state index contributed by atoms with van der Waals surface area (Å²) in [6.07, 6.45) is 5.40. The van der Waals surface area contributed by atoms with Crippen molar-refractivity contribution in [2.45, 2.75) is 64.3 Å². The number of hydrogen-bond donors (Lipinski definition) is 1. The predicted octanol–water partition coefficient (Wildman–Crippen LogP) is 5.15. The second kappa shape index (κ2) is 12.7. The molecule has 2 aromatic carbocycles. The number of hydrogen-bond acceptors (Lipinski definition) is 9. The van der Waals surface area contributed by atoms with Gasteiger partial charge in [-0.05, 0) is 57.0 Å². The van der Waals surface area contributed by atoms with E-state index in [-0.39, 0.29) is 24.0 Å². The summed E-state index contributed by atoms with van der Waals surface area (Å²) in [7, 11) is 1.49. The number of nitrogens with two attached hydrogens (primary N) is 1. The lowest BCUT2D eigenvalue weighted by molar-refractivity contribution is -0.152. The number of rotatable bonds is 5. The van der Waals surface area contributed by atoms with E-state index in [0.29, 0.717) is 23.2 Å². The Kier molecular flexibility index (Phi) is 9.29. The Balaban J connectivity index is 1.73. The maximum Gasteiger partial charge on any atom is 0.342 e. The first-order chi connectivity index (χ1) is 19.1. The Bertz CT molecular complexity index is 1260. The average Bonchev–Trinajstić information content (AvgIpc) is 3.22. The quantitative estimate of drug-likeness (QED) is 0.233. The lowest BCUT2D eigenvalue weighted by atomic mass is 9.98. The molecule has 214 valence electrons.